The number of hydrogen-bond donors (Lipinski definition) is 1. The van der Waals surface area contributed by atoms with Gasteiger partial charge >= 0.3 is 0 Å². The highest BCUT2D eigenvalue weighted by Gasteiger charge is 1.94. The van der Waals surface area contributed by atoms with Crippen LogP contribution in [0.2, 0.25) is 0 Å². The molecule has 0 amide bonds. The van der Waals surface area contributed by atoms with Crippen molar-refractivity contribution in [3.63, 3.8) is 0 Å². The highest BCUT2D eigenvalue weighted by Crippen LogP contribution is 2.08. The molecule has 1 heterocycles. The molecule has 1 aromatic heterocycles. The van der Waals surface area contributed by atoms with Crippen molar-refractivity contribution in [3.8, 4) is 0 Å². The van der Waals surface area contributed by atoms with Crippen LogP contribution in [-0.2, 0) is 6.54 Å². The normalized spacial score (nSPS) is 10.8. The van der Waals surface area contributed by atoms with E-state index in [0.717, 1.165) is 18.8 Å². The zero-order chi connectivity index (χ0) is 13.8. The fraction of sp³-hybridized carbons (Fsp3) is 0.706. The van der Waals surface area contributed by atoms with Gasteiger partial charge in [0.25, 0.3) is 0 Å². The first-order valence-corrected chi connectivity index (χ1v) is 7.95. The summed E-state index contributed by atoms with van der Waals surface area (Å²) in [5.74, 6) is 0. The molecule has 0 saturated carbocycles. The second-order valence-electron chi connectivity index (χ2n) is 5.48. The number of unbranched alkanes of at least 4 members (excludes halogenated alkanes) is 7. The highest BCUT2D eigenvalue weighted by atomic mass is 14.9. The average molecular weight is 262 g/mol. The van der Waals surface area contributed by atoms with Gasteiger partial charge in [0.1, 0.15) is 0 Å². The van der Waals surface area contributed by atoms with E-state index in [1.54, 1.807) is 0 Å². The molecule has 0 unspecified atom stereocenters. The molecular weight excluding hydrogens is 232 g/mol. The monoisotopic (exact) mass is 262 g/mol. The Morgan fingerprint density at radius 1 is 0.947 bits per heavy atom. The summed E-state index contributed by atoms with van der Waals surface area (Å²) in [6, 6.07) is 4.23. The summed E-state index contributed by atoms with van der Waals surface area (Å²) in [5.41, 5.74) is 2.37. The van der Waals surface area contributed by atoms with Crippen LogP contribution in [-0.4, -0.2) is 11.5 Å². The van der Waals surface area contributed by atoms with Crippen LogP contribution in [0, 0.1) is 6.92 Å². The first kappa shape index (κ1) is 16.2. The molecule has 0 atom stereocenters. The summed E-state index contributed by atoms with van der Waals surface area (Å²) in [5, 5.41) is 3.47. The highest BCUT2D eigenvalue weighted by molar-refractivity contribution is 5.11. The molecule has 19 heavy (non-hydrogen) atoms. The maximum Gasteiger partial charge on any atom is 0.0541 e. The minimum Gasteiger partial charge on any atom is -0.311 e. The van der Waals surface area contributed by atoms with Gasteiger partial charge in [0.2, 0.25) is 0 Å². The lowest BCUT2D eigenvalue weighted by molar-refractivity contribution is 0.553. The summed E-state index contributed by atoms with van der Waals surface area (Å²) in [6.45, 7) is 6.36. The zero-order valence-electron chi connectivity index (χ0n) is 12.8. The Balaban J connectivity index is 1.87. The van der Waals surface area contributed by atoms with Crippen molar-refractivity contribution in [3.05, 3.63) is 29.6 Å². The van der Waals surface area contributed by atoms with E-state index in [0.29, 0.717) is 0 Å². The molecule has 0 fully saturated rings. The van der Waals surface area contributed by atoms with E-state index in [9.17, 15) is 0 Å². The van der Waals surface area contributed by atoms with Gasteiger partial charge in [-0.25, -0.2) is 0 Å². The van der Waals surface area contributed by atoms with Crippen molar-refractivity contribution in [2.45, 2.75) is 71.8 Å². The first-order chi connectivity index (χ1) is 9.33. The molecule has 0 aliphatic heterocycles. The van der Waals surface area contributed by atoms with E-state index in [1.807, 2.05) is 6.20 Å². The van der Waals surface area contributed by atoms with Crippen LogP contribution in [0.25, 0.3) is 0 Å². The van der Waals surface area contributed by atoms with Crippen LogP contribution in [0.3, 0.4) is 0 Å². The SMILES string of the molecule is CCCCCCCCCCNCc1ccc(C)cn1. The molecule has 0 saturated heterocycles. The van der Waals surface area contributed by atoms with Gasteiger partial charge in [-0.15, -0.1) is 0 Å². The van der Waals surface area contributed by atoms with E-state index in [4.69, 9.17) is 0 Å². The topological polar surface area (TPSA) is 24.9 Å². The van der Waals surface area contributed by atoms with Crippen LogP contribution >= 0.6 is 0 Å². The predicted molar refractivity (Wildman–Crippen MR) is 83.3 cm³/mol. The Morgan fingerprint density at radius 2 is 1.63 bits per heavy atom. The third kappa shape index (κ3) is 8.77. The van der Waals surface area contributed by atoms with E-state index in [2.05, 4.69) is 36.3 Å². The average Bonchev–Trinajstić information content (AvgIpc) is 2.43. The fourth-order valence-corrected chi connectivity index (χ4v) is 2.20. The van der Waals surface area contributed by atoms with Crippen LogP contribution in [0.15, 0.2) is 18.3 Å². The lowest BCUT2D eigenvalue weighted by Gasteiger charge is -2.05. The van der Waals surface area contributed by atoms with Gasteiger partial charge in [-0.3, -0.25) is 4.98 Å². The second-order valence-corrected chi connectivity index (χ2v) is 5.48. The van der Waals surface area contributed by atoms with Crippen LogP contribution < -0.4 is 5.32 Å². The number of nitrogens with one attached hydrogen (secondary N) is 1. The van der Waals surface area contributed by atoms with E-state index in [1.165, 1.54) is 56.9 Å². The second kappa shape index (κ2) is 11.0. The Kier molecular flexibility index (Phi) is 9.34. The smallest absolute Gasteiger partial charge is 0.0541 e. The van der Waals surface area contributed by atoms with Crippen LogP contribution in [0.1, 0.15) is 69.5 Å². The lowest BCUT2D eigenvalue weighted by Crippen LogP contribution is -2.15. The summed E-state index contributed by atoms with van der Waals surface area (Å²) in [7, 11) is 0. The predicted octanol–water partition coefficient (Wildman–Crippen LogP) is 4.62. The number of nitrogens with zero attached hydrogens (tertiary/aromatic N) is 1. The number of aryl methyl sites for hydroxylation is 1. The number of hydrogen-bond acceptors (Lipinski definition) is 2. The summed E-state index contributed by atoms with van der Waals surface area (Å²) >= 11 is 0. The lowest BCUT2D eigenvalue weighted by atomic mass is 10.1. The first-order valence-electron chi connectivity index (χ1n) is 7.95. The molecule has 2 nitrogen and oxygen atoms in total. The van der Waals surface area contributed by atoms with Gasteiger partial charge in [0, 0.05) is 12.7 Å². The third-order valence-corrected chi connectivity index (χ3v) is 3.49. The Labute approximate surface area is 119 Å². The summed E-state index contributed by atoms with van der Waals surface area (Å²) in [6.07, 6.45) is 13.0. The Bertz CT molecular complexity index is 306. The minimum atomic E-state index is 0.900. The van der Waals surface area contributed by atoms with Gasteiger partial charge in [-0.05, 0) is 31.5 Å². The molecule has 0 aromatic carbocycles. The van der Waals surface area contributed by atoms with E-state index in [-0.39, 0.29) is 0 Å². The summed E-state index contributed by atoms with van der Waals surface area (Å²) in [4.78, 5) is 4.39. The molecule has 0 aliphatic carbocycles. The van der Waals surface area contributed by atoms with Gasteiger partial charge < -0.3 is 5.32 Å². The minimum absolute atomic E-state index is 0.900. The quantitative estimate of drug-likeness (QED) is 0.589. The molecule has 1 aromatic rings. The van der Waals surface area contributed by atoms with Crippen molar-refractivity contribution in [2.24, 2.45) is 0 Å². The molecule has 108 valence electrons. The van der Waals surface area contributed by atoms with Crippen LogP contribution in [0.5, 0.6) is 0 Å². The van der Waals surface area contributed by atoms with Crippen molar-refractivity contribution in [1.29, 1.82) is 0 Å². The fourth-order valence-electron chi connectivity index (χ4n) is 2.20. The van der Waals surface area contributed by atoms with Gasteiger partial charge in [0.15, 0.2) is 0 Å². The largest absolute Gasteiger partial charge is 0.311 e. The molecule has 0 aliphatic rings. The zero-order valence-corrected chi connectivity index (χ0v) is 12.8. The van der Waals surface area contributed by atoms with Gasteiger partial charge in [0.05, 0.1) is 5.69 Å². The molecule has 1 N–H and O–H groups in total. The maximum absolute atomic E-state index is 4.39. The van der Waals surface area contributed by atoms with Crippen molar-refractivity contribution >= 4 is 0 Å². The van der Waals surface area contributed by atoms with Crippen molar-refractivity contribution in [1.82, 2.24) is 10.3 Å². The van der Waals surface area contributed by atoms with Crippen LogP contribution in [0.4, 0.5) is 0 Å². The molecule has 2 heteroatoms. The summed E-state index contributed by atoms with van der Waals surface area (Å²) < 4.78 is 0. The maximum atomic E-state index is 4.39. The Morgan fingerprint density at radius 3 is 2.26 bits per heavy atom. The number of aromatic nitrogens is 1. The van der Waals surface area contributed by atoms with Gasteiger partial charge in [-0.2, -0.15) is 0 Å². The molecule has 1 rings (SSSR count). The molecule has 0 spiro atoms. The molecule has 0 bridgehead atoms. The molecular formula is C17H30N2. The van der Waals surface area contributed by atoms with Crippen molar-refractivity contribution in [2.75, 3.05) is 6.54 Å². The van der Waals surface area contributed by atoms with Crippen molar-refractivity contribution < 1.29 is 0 Å². The Hall–Kier alpha value is -0.890. The van der Waals surface area contributed by atoms with Gasteiger partial charge in [-0.1, -0.05) is 57.9 Å². The third-order valence-electron chi connectivity index (χ3n) is 3.49. The van der Waals surface area contributed by atoms with E-state index < -0.39 is 0 Å². The molecule has 0 radical (unpaired) electrons. The number of pyridine rings is 1. The number of rotatable bonds is 11. The standard InChI is InChI=1S/C17H30N2/c1-3-4-5-6-7-8-9-10-13-18-15-17-12-11-16(2)14-19-17/h11-12,14,18H,3-10,13,15H2,1-2H3. The van der Waals surface area contributed by atoms with E-state index >= 15 is 0 Å².